The number of hydrogen-bond acceptors (Lipinski definition) is 3. The fourth-order valence-corrected chi connectivity index (χ4v) is 0.375. The third-order valence-corrected chi connectivity index (χ3v) is 0.981. The molecule has 0 saturated carbocycles. The SMILES string of the molecule is C=C(CC)C(=O)ON(C)C.Cl. The van der Waals surface area contributed by atoms with Crippen LogP contribution in [0.1, 0.15) is 13.3 Å². The normalized spacial score (nSPS) is 8.73. The molecule has 11 heavy (non-hydrogen) atoms. The Morgan fingerprint density at radius 2 is 2.00 bits per heavy atom. The van der Waals surface area contributed by atoms with Crippen molar-refractivity contribution in [3.63, 3.8) is 0 Å². The van der Waals surface area contributed by atoms with Crippen LogP contribution in [0.25, 0.3) is 0 Å². The van der Waals surface area contributed by atoms with Gasteiger partial charge in [-0.3, -0.25) is 0 Å². The molecule has 0 unspecified atom stereocenters. The number of hydrogen-bond donors (Lipinski definition) is 0. The molecule has 0 fully saturated rings. The van der Waals surface area contributed by atoms with Crippen LogP contribution in [-0.4, -0.2) is 25.1 Å². The van der Waals surface area contributed by atoms with Crippen molar-refractivity contribution in [3.8, 4) is 0 Å². The molecule has 0 aliphatic rings. The Morgan fingerprint density at radius 1 is 1.55 bits per heavy atom. The number of rotatable bonds is 3. The monoisotopic (exact) mass is 179 g/mol. The predicted octanol–water partition coefficient (Wildman–Crippen LogP) is 1.39. The molecule has 0 aliphatic carbocycles. The van der Waals surface area contributed by atoms with E-state index in [9.17, 15) is 4.79 Å². The molecule has 0 spiro atoms. The first-order valence-electron chi connectivity index (χ1n) is 3.15. The first-order chi connectivity index (χ1) is 4.57. The van der Waals surface area contributed by atoms with Crippen LogP contribution >= 0.6 is 12.4 Å². The van der Waals surface area contributed by atoms with E-state index in [1.54, 1.807) is 14.1 Å². The second-order valence-corrected chi connectivity index (χ2v) is 2.15. The van der Waals surface area contributed by atoms with Gasteiger partial charge in [0.1, 0.15) is 0 Å². The lowest BCUT2D eigenvalue weighted by molar-refractivity contribution is -0.173. The van der Waals surface area contributed by atoms with Crippen molar-refractivity contribution in [3.05, 3.63) is 12.2 Å². The smallest absolute Gasteiger partial charge is 0.352 e. The topological polar surface area (TPSA) is 29.5 Å². The summed E-state index contributed by atoms with van der Waals surface area (Å²) in [6.45, 7) is 5.39. The van der Waals surface area contributed by atoms with Gasteiger partial charge in [-0.05, 0) is 6.42 Å². The summed E-state index contributed by atoms with van der Waals surface area (Å²) in [5.74, 6) is -0.354. The van der Waals surface area contributed by atoms with E-state index in [-0.39, 0.29) is 18.4 Å². The molecule has 66 valence electrons. The summed E-state index contributed by atoms with van der Waals surface area (Å²) in [5.41, 5.74) is 0.494. The lowest BCUT2D eigenvalue weighted by Crippen LogP contribution is -2.19. The molecule has 0 amide bonds. The van der Waals surface area contributed by atoms with Crippen molar-refractivity contribution in [1.82, 2.24) is 5.06 Å². The Kier molecular flexibility index (Phi) is 7.36. The summed E-state index contributed by atoms with van der Waals surface area (Å²) in [6.07, 6.45) is 0.632. The molecule has 0 aliphatic heterocycles. The van der Waals surface area contributed by atoms with Crippen molar-refractivity contribution in [2.45, 2.75) is 13.3 Å². The molecular weight excluding hydrogens is 166 g/mol. The number of halogens is 1. The van der Waals surface area contributed by atoms with Gasteiger partial charge in [0, 0.05) is 19.7 Å². The quantitative estimate of drug-likeness (QED) is 0.485. The van der Waals surface area contributed by atoms with E-state index in [4.69, 9.17) is 4.84 Å². The minimum Gasteiger partial charge on any atom is -0.365 e. The van der Waals surface area contributed by atoms with Crippen molar-refractivity contribution < 1.29 is 9.63 Å². The largest absolute Gasteiger partial charge is 0.365 e. The highest BCUT2D eigenvalue weighted by molar-refractivity contribution is 5.87. The lowest BCUT2D eigenvalue weighted by Gasteiger charge is -2.09. The minimum absolute atomic E-state index is 0. The Bertz CT molecular complexity index is 145. The van der Waals surface area contributed by atoms with Gasteiger partial charge in [-0.2, -0.15) is 0 Å². The van der Waals surface area contributed by atoms with Crippen LogP contribution in [0, 0.1) is 0 Å². The molecule has 0 bridgehead atoms. The average Bonchev–Trinajstić information content (AvgIpc) is 1.85. The van der Waals surface area contributed by atoms with Crippen molar-refractivity contribution in [1.29, 1.82) is 0 Å². The zero-order valence-electron chi connectivity index (χ0n) is 7.09. The highest BCUT2D eigenvalue weighted by Gasteiger charge is 2.06. The van der Waals surface area contributed by atoms with Gasteiger partial charge in [-0.15, -0.1) is 17.5 Å². The summed E-state index contributed by atoms with van der Waals surface area (Å²) in [7, 11) is 3.31. The second-order valence-electron chi connectivity index (χ2n) is 2.15. The van der Waals surface area contributed by atoms with Gasteiger partial charge in [0.25, 0.3) is 0 Å². The van der Waals surface area contributed by atoms with Crippen molar-refractivity contribution >= 4 is 18.4 Å². The molecule has 0 rings (SSSR count). The van der Waals surface area contributed by atoms with Gasteiger partial charge < -0.3 is 4.84 Å². The number of carbonyl (C=O) groups excluding carboxylic acids is 1. The van der Waals surface area contributed by atoms with Crippen LogP contribution in [0.4, 0.5) is 0 Å². The Morgan fingerprint density at radius 3 is 2.27 bits per heavy atom. The van der Waals surface area contributed by atoms with Crippen LogP contribution in [0.2, 0.25) is 0 Å². The number of hydroxylamine groups is 2. The average molecular weight is 180 g/mol. The van der Waals surface area contributed by atoms with Gasteiger partial charge in [-0.1, -0.05) is 13.5 Å². The van der Waals surface area contributed by atoms with E-state index in [1.165, 1.54) is 5.06 Å². The van der Waals surface area contributed by atoms with Crippen LogP contribution in [0.5, 0.6) is 0 Å². The lowest BCUT2D eigenvalue weighted by atomic mass is 10.2. The third kappa shape index (κ3) is 5.88. The maximum atomic E-state index is 10.8. The summed E-state index contributed by atoms with van der Waals surface area (Å²) in [4.78, 5) is 15.5. The third-order valence-electron chi connectivity index (χ3n) is 0.981. The Labute approximate surface area is 73.4 Å². The molecule has 0 radical (unpaired) electrons. The molecule has 0 aromatic rings. The van der Waals surface area contributed by atoms with Crippen LogP contribution in [0.3, 0.4) is 0 Å². The first kappa shape index (κ1) is 13.1. The van der Waals surface area contributed by atoms with Crippen LogP contribution in [0.15, 0.2) is 12.2 Å². The molecule has 4 heteroatoms. The maximum Gasteiger partial charge on any atom is 0.352 e. The number of carbonyl (C=O) groups is 1. The zero-order chi connectivity index (χ0) is 8.15. The van der Waals surface area contributed by atoms with Gasteiger partial charge in [0.05, 0.1) is 0 Å². The van der Waals surface area contributed by atoms with Gasteiger partial charge >= 0.3 is 5.97 Å². The Balaban J connectivity index is 0. The zero-order valence-corrected chi connectivity index (χ0v) is 7.90. The van der Waals surface area contributed by atoms with E-state index in [1.807, 2.05) is 6.92 Å². The van der Waals surface area contributed by atoms with Gasteiger partial charge in [0.15, 0.2) is 0 Å². The highest BCUT2D eigenvalue weighted by Crippen LogP contribution is 1.99. The van der Waals surface area contributed by atoms with E-state index in [0.29, 0.717) is 12.0 Å². The predicted molar refractivity (Wildman–Crippen MR) is 46.5 cm³/mol. The van der Waals surface area contributed by atoms with E-state index in [2.05, 4.69) is 6.58 Å². The molecule has 0 N–H and O–H groups in total. The molecule has 3 nitrogen and oxygen atoms in total. The number of nitrogens with zero attached hydrogens (tertiary/aromatic N) is 1. The van der Waals surface area contributed by atoms with Crippen molar-refractivity contribution in [2.24, 2.45) is 0 Å². The fraction of sp³-hybridized carbons (Fsp3) is 0.571. The highest BCUT2D eigenvalue weighted by atomic mass is 35.5. The fourth-order valence-electron chi connectivity index (χ4n) is 0.375. The maximum absolute atomic E-state index is 10.8. The minimum atomic E-state index is -0.354. The summed E-state index contributed by atoms with van der Waals surface area (Å²) in [6, 6.07) is 0. The van der Waals surface area contributed by atoms with E-state index in [0.717, 1.165) is 0 Å². The summed E-state index contributed by atoms with van der Waals surface area (Å²) < 4.78 is 0. The van der Waals surface area contributed by atoms with Gasteiger partial charge in [0.2, 0.25) is 0 Å². The standard InChI is InChI=1S/C7H13NO2.ClH/c1-5-6(2)7(9)10-8(3)4;/h2,5H2,1,3-4H3;1H. The molecule has 0 heterocycles. The van der Waals surface area contributed by atoms with Crippen LogP contribution < -0.4 is 0 Å². The molecule has 0 aromatic carbocycles. The van der Waals surface area contributed by atoms with Gasteiger partial charge in [-0.25, -0.2) is 4.79 Å². The molecule has 0 saturated heterocycles. The van der Waals surface area contributed by atoms with Crippen LogP contribution in [-0.2, 0) is 9.63 Å². The molecule has 0 aromatic heterocycles. The molecular formula is C7H14ClNO2. The Hall–Kier alpha value is -0.540. The first-order valence-corrected chi connectivity index (χ1v) is 3.15. The second kappa shape index (κ2) is 6.19. The summed E-state index contributed by atoms with van der Waals surface area (Å²) >= 11 is 0. The molecule has 0 atom stereocenters. The van der Waals surface area contributed by atoms with E-state index >= 15 is 0 Å². The van der Waals surface area contributed by atoms with Crippen molar-refractivity contribution in [2.75, 3.05) is 14.1 Å². The summed E-state index contributed by atoms with van der Waals surface area (Å²) in [5, 5.41) is 1.35. The van der Waals surface area contributed by atoms with E-state index < -0.39 is 0 Å².